The summed E-state index contributed by atoms with van der Waals surface area (Å²) in [5, 5.41) is 21.7. The molecule has 0 saturated heterocycles. The van der Waals surface area contributed by atoms with Crippen LogP contribution in [0.15, 0.2) is 152 Å². The molecule has 0 saturated carbocycles. The highest BCUT2D eigenvalue weighted by Gasteiger charge is 2.30. The second-order valence-electron chi connectivity index (χ2n) is 14.1. The van der Waals surface area contributed by atoms with Gasteiger partial charge in [0.05, 0.1) is 61.9 Å². The second kappa shape index (κ2) is 12.2. The first kappa shape index (κ1) is 31.3. The molecule has 0 unspecified atom stereocenters. The molecular weight excluding hydrogens is 705 g/mol. The monoisotopic (exact) mass is 732 g/mol. The van der Waals surface area contributed by atoms with Crippen molar-refractivity contribution in [2.45, 2.75) is 0 Å². The first-order valence-electron chi connectivity index (χ1n) is 18.7. The number of hydrogen-bond acceptors (Lipinski definition) is 7. The van der Waals surface area contributed by atoms with Gasteiger partial charge in [-0.25, -0.2) is 15.0 Å². The van der Waals surface area contributed by atoms with Crippen LogP contribution in [0, 0.1) is 0 Å². The van der Waals surface area contributed by atoms with Crippen LogP contribution in [0.1, 0.15) is 0 Å². The van der Waals surface area contributed by atoms with E-state index in [4.69, 9.17) is 35.2 Å². The Morgan fingerprint density at radius 1 is 0.439 bits per heavy atom. The SMILES string of the molecule is c1ccc2nnc(-c3c(-c4cnc5ccccc5n4)c(-c4cc5ccccc5[nH]4)c4[nH]c(-c5n[nH]c6ccccc56)nc4c3-c3ccc4ccccc4n3)cc2c1. The molecule has 0 amide bonds. The minimum atomic E-state index is 0.610. The van der Waals surface area contributed by atoms with E-state index in [-0.39, 0.29) is 0 Å². The van der Waals surface area contributed by atoms with Gasteiger partial charge in [-0.1, -0.05) is 91.0 Å². The van der Waals surface area contributed by atoms with Gasteiger partial charge in [-0.05, 0) is 54.6 Å². The third-order valence-electron chi connectivity index (χ3n) is 10.7. The first-order chi connectivity index (χ1) is 28.2. The van der Waals surface area contributed by atoms with Gasteiger partial charge in [0.2, 0.25) is 0 Å². The van der Waals surface area contributed by atoms with Crippen molar-refractivity contribution >= 4 is 65.7 Å². The Hall–Kier alpha value is -8.11. The highest BCUT2D eigenvalue weighted by Crippen LogP contribution is 2.50. The summed E-state index contributed by atoms with van der Waals surface area (Å²) in [5.74, 6) is 0.610. The van der Waals surface area contributed by atoms with Gasteiger partial charge in [0.25, 0.3) is 0 Å². The van der Waals surface area contributed by atoms with Crippen molar-refractivity contribution in [3.63, 3.8) is 0 Å². The van der Waals surface area contributed by atoms with Crippen LogP contribution in [0.3, 0.4) is 0 Å². The van der Waals surface area contributed by atoms with Crippen molar-refractivity contribution in [2.24, 2.45) is 0 Å². The molecule has 0 atom stereocenters. The van der Waals surface area contributed by atoms with Gasteiger partial charge in [0, 0.05) is 55.0 Å². The lowest BCUT2D eigenvalue weighted by Gasteiger charge is -2.20. The maximum absolute atomic E-state index is 5.46. The van der Waals surface area contributed by atoms with Crippen LogP contribution in [0.2, 0.25) is 0 Å². The van der Waals surface area contributed by atoms with Crippen LogP contribution in [0.5, 0.6) is 0 Å². The molecule has 10 nitrogen and oxygen atoms in total. The summed E-state index contributed by atoms with van der Waals surface area (Å²) in [5.41, 5.74) is 13.5. The van der Waals surface area contributed by atoms with E-state index in [1.54, 1.807) is 0 Å². The van der Waals surface area contributed by atoms with Gasteiger partial charge >= 0.3 is 0 Å². The number of pyridine rings is 1. The zero-order chi connectivity index (χ0) is 37.5. The number of aromatic nitrogens is 10. The minimum Gasteiger partial charge on any atom is -0.354 e. The standard InChI is InChI=1S/C47H28N10/c1-5-15-30-26(11-1)21-22-36(49-30)42-40(38-24-28-13-3-7-17-32(28)54-56-38)41(39-25-48-34-19-9-10-20-35(34)51-39)43(37-23-27-12-2-6-16-31(27)50-37)46-45(42)52-47(53-46)44-29-14-4-8-18-33(29)55-57-44/h1-25,50H,(H,52,53)(H,55,57). The quantitative estimate of drug-likeness (QED) is 0.160. The normalized spacial score (nSPS) is 11.9. The summed E-state index contributed by atoms with van der Waals surface area (Å²) >= 11 is 0. The van der Waals surface area contributed by atoms with E-state index in [1.807, 2.05) is 97.2 Å². The van der Waals surface area contributed by atoms with Crippen molar-refractivity contribution in [1.82, 2.24) is 50.3 Å². The molecular formula is C47H28N10. The molecule has 3 N–H and O–H groups in total. The number of fused-ring (bicyclic) bond motifs is 6. The van der Waals surface area contributed by atoms with Crippen molar-refractivity contribution < 1.29 is 0 Å². The van der Waals surface area contributed by atoms with Crippen molar-refractivity contribution in [3.8, 4) is 56.5 Å². The van der Waals surface area contributed by atoms with Crippen molar-refractivity contribution in [2.75, 3.05) is 0 Å². The molecule has 0 aliphatic rings. The number of imidazole rings is 1. The fraction of sp³-hybridized carbons (Fsp3) is 0. The third kappa shape index (κ3) is 4.94. The smallest absolute Gasteiger partial charge is 0.159 e. The summed E-state index contributed by atoms with van der Waals surface area (Å²) in [7, 11) is 0. The zero-order valence-corrected chi connectivity index (χ0v) is 30.1. The van der Waals surface area contributed by atoms with E-state index >= 15 is 0 Å². The molecule has 6 aromatic heterocycles. The average molecular weight is 733 g/mol. The lowest BCUT2D eigenvalue weighted by molar-refractivity contribution is 1.08. The van der Waals surface area contributed by atoms with Gasteiger partial charge in [-0.3, -0.25) is 10.1 Å². The van der Waals surface area contributed by atoms with Crippen LogP contribution >= 0.6 is 0 Å². The van der Waals surface area contributed by atoms with Crippen molar-refractivity contribution in [1.29, 1.82) is 0 Å². The Balaban J connectivity index is 1.31. The summed E-state index contributed by atoms with van der Waals surface area (Å²) in [6.07, 6.45) is 1.85. The summed E-state index contributed by atoms with van der Waals surface area (Å²) in [6, 6.07) is 48.9. The predicted molar refractivity (Wildman–Crippen MR) is 226 cm³/mol. The zero-order valence-electron chi connectivity index (χ0n) is 30.1. The second-order valence-corrected chi connectivity index (χ2v) is 14.1. The number of H-pyrrole nitrogens is 3. The molecule has 0 spiro atoms. The number of aromatic amines is 3. The van der Waals surface area contributed by atoms with Gasteiger partial charge < -0.3 is 9.97 Å². The van der Waals surface area contributed by atoms with E-state index in [1.165, 1.54) is 0 Å². The summed E-state index contributed by atoms with van der Waals surface area (Å²) < 4.78 is 0. The van der Waals surface area contributed by atoms with Crippen LogP contribution in [0.4, 0.5) is 0 Å². The van der Waals surface area contributed by atoms with Crippen molar-refractivity contribution in [3.05, 3.63) is 152 Å². The number of nitrogens with zero attached hydrogens (tertiary/aromatic N) is 7. The number of benzene rings is 6. The van der Waals surface area contributed by atoms with E-state index in [9.17, 15) is 0 Å². The highest BCUT2D eigenvalue weighted by molar-refractivity contribution is 6.16. The molecule has 12 rings (SSSR count). The molecule has 266 valence electrons. The van der Waals surface area contributed by atoms with E-state index in [2.05, 4.69) is 69.7 Å². The Labute approximate surface area is 323 Å². The minimum absolute atomic E-state index is 0.610. The molecule has 0 aliphatic carbocycles. The maximum Gasteiger partial charge on any atom is 0.159 e. The predicted octanol–water partition coefficient (Wildman–Crippen LogP) is 10.7. The largest absolute Gasteiger partial charge is 0.354 e. The molecule has 0 bridgehead atoms. The number of nitrogens with one attached hydrogen (secondary N) is 3. The van der Waals surface area contributed by atoms with Crippen LogP contribution < -0.4 is 0 Å². The Morgan fingerprint density at radius 3 is 2.02 bits per heavy atom. The molecule has 0 radical (unpaired) electrons. The molecule has 6 aromatic carbocycles. The Bertz CT molecular complexity index is 3530. The molecule has 0 aliphatic heterocycles. The summed E-state index contributed by atoms with van der Waals surface area (Å²) in [4.78, 5) is 28.6. The Morgan fingerprint density at radius 2 is 1.14 bits per heavy atom. The maximum atomic E-state index is 5.46. The fourth-order valence-corrected chi connectivity index (χ4v) is 8.11. The molecule has 12 aromatic rings. The Kier molecular flexibility index (Phi) is 6.69. The molecule has 10 heteroatoms. The molecule has 57 heavy (non-hydrogen) atoms. The average Bonchev–Trinajstić information content (AvgIpc) is 4.02. The number of para-hydroxylation sites is 5. The lowest BCUT2D eigenvalue weighted by Crippen LogP contribution is -2.02. The van der Waals surface area contributed by atoms with E-state index in [0.717, 1.165) is 93.8 Å². The van der Waals surface area contributed by atoms with Gasteiger partial charge in [0.15, 0.2) is 5.82 Å². The summed E-state index contributed by atoms with van der Waals surface area (Å²) in [6.45, 7) is 0. The lowest BCUT2D eigenvalue weighted by atomic mass is 9.86. The van der Waals surface area contributed by atoms with Gasteiger partial charge in [0.1, 0.15) is 5.69 Å². The first-order valence-corrected chi connectivity index (χ1v) is 18.7. The number of hydrogen-bond donors (Lipinski definition) is 3. The van der Waals surface area contributed by atoms with Gasteiger partial charge in [-0.2, -0.15) is 5.10 Å². The van der Waals surface area contributed by atoms with Crippen LogP contribution in [-0.2, 0) is 0 Å². The van der Waals surface area contributed by atoms with Crippen LogP contribution in [0.25, 0.3) is 122 Å². The molecule has 6 heterocycles. The topological polar surface area (TPSA) is 138 Å². The molecule has 0 fully saturated rings. The third-order valence-corrected chi connectivity index (χ3v) is 10.7. The van der Waals surface area contributed by atoms with Gasteiger partial charge in [-0.15, -0.1) is 10.2 Å². The van der Waals surface area contributed by atoms with E-state index < -0.39 is 0 Å². The highest BCUT2D eigenvalue weighted by atomic mass is 15.1. The van der Waals surface area contributed by atoms with Crippen LogP contribution in [-0.4, -0.2) is 50.3 Å². The fourth-order valence-electron chi connectivity index (χ4n) is 8.11. The number of rotatable bonds is 5. The van der Waals surface area contributed by atoms with E-state index in [0.29, 0.717) is 28.4 Å².